The average molecular weight is 423 g/mol. The molecule has 0 spiro atoms. The van der Waals surface area contributed by atoms with Crippen LogP contribution in [0, 0.1) is 0 Å². The fraction of sp³-hybridized carbons (Fsp3) is 0.550. The summed E-state index contributed by atoms with van der Waals surface area (Å²) >= 11 is 1.58. The minimum absolute atomic E-state index is 0.0401. The molecule has 0 aliphatic carbocycles. The summed E-state index contributed by atoms with van der Waals surface area (Å²) in [7, 11) is 0. The van der Waals surface area contributed by atoms with Crippen LogP contribution < -0.4 is 14.8 Å². The number of amides is 2. The number of rotatable bonds is 8. The molecule has 0 unspecified atom stereocenters. The van der Waals surface area contributed by atoms with E-state index in [1.165, 1.54) is 0 Å². The van der Waals surface area contributed by atoms with Crippen LogP contribution in [-0.2, 0) is 19.1 Å². The van der Waals surface area contributed by atoms with E-state index in [2.05, 4.69) is 5.32 Å². The number of anilines is 1. The highest BCUT2D eigenvalue weighted by Gasteiger charge is 2.53. The van der Waals surface area contributed by atoms with E-state index >= 15 is 0 Å². The molecule has 2 heterocycles. The van der Waals surface area contributed by atoms with Crippen molar-refractivity contribution in [3.05, 3.63) is 18.2 Å². The van der Waals surface area contributed by atoms with Crippen LogP contribution in [0.25, 0.3) is 0 Å². The van der Waals surface area contributed by atoms with Crippen molar-refractivity contribution in [2.75, 3.05) is 30.9 Å². The molecule has 0 saturated carbocycles. The molecule has 2 atom stereocenters. The minimum atomic E-state index is -0.636. The lowest BCUT2D eigenvalue weighted by atomic mass is 10.2. The maximum Gasteiger partial charge on any atom is 0.330 e. The van der Waals surface area contributed by atoms with Gasteiger partial charge in [-0.25, -0.2) is 4.79 Å². The van der Waals surface area contributed by atoms with E-state index in [1.807, 2.05) is 20.8 Å². The average Bonchev–Trinajstić information content (AvgIpc) is 3.18. The van der Waals surface area contributed by atoms with E-state index in [9.17, 15) is 14.4 Å². The van der Waals surface area contributed by atoms with Gasteiger partial charge in [-0.1, -0.05) is 0 Å². The summed E-state index contributed by atoms with van der Waals surface area (Å²) in [5.41, 5.74) is 0.511. The van der Waals surface area contributed by atoms with Crippen LogP contribution in [0.5, 0.6) is 11.5 Å². The Morgan fingerprint density at radius 2 is 1.97 bits per heavy atom. The second-order valence-corrected chi connectivity index (χ2v) is 8.45. The number of hydrogen-bond acceptors (Lipinski definition) is 7. The van der Waals surface area contributed by atoms with Crippen LogP contribution in [0.2, 0.25) is 0 Å². The first-order valence-electron chi connectivity index (χ1n) is 9.70. The zero-order chi connectivity index (χ0) is 21.0. The monoisotopic (exact) mass is 422 g/mol. The van der Waals surface area contributed by atoms with Gasteiger partial charge in [0, 0.05) is 23.9 Å². The van der Waals surface area contributed by atoms with Gasteiger partial charge in [-0.2, -0.15) is 0 Å². The smallest absolute Gasteiger partial charge is 0.330 e. The van der Waals surface area contributed by atoms with Crippen LogP contribution in [0.3, 0.4) is 0 Å². The topological polar surface area (TPSA) is 94.2 Å². The van der Waals surface area contributed by atoms with E-state index in [1.54, 1.807) is 34.9 Å². The summed E-state index contributed by atoms with van der Waals surface area (Å²) < 4.78 is 16.2. The Balaban J connectivity index is 1.55. The second-order valence-electron chi connectivity index (χ2n) is 6.95. The first-order chi connectivity index (χ1) is 13.9. The number of carbonyl (C=O) groups excluding carboxylic acids is 3. The van der Waals surface area contributed by atoms with Crippen LogP contribution in [0.4, 0.5) is 5.69 Å². The number of ether oxygens (including phenoxy) is 3. The van der Waals surface area contributed by atoms with Gasteiger partial charge in [0.25, 0.3) is 5.91 Å². The molecule has 1 aromatic carbocycles. The first-order valence-corrected chi connectivity index (χ1v) is 10.7. The molecule has 0 bridgehead atoms. The molecule has 29 heavy (non-hydrogen) atoms. The third-order valence-corrected chi connectivity index (χ3v) is 6.39. The van der Waals surface area contributed by atoms with Gasteiger partial charge < -0.3 is 24.4 Å². The van der Waals surface area contributed by atoms with Gasteiger partial charge in [0.2, 0.25) is 5.91 Å². The SMILES string of the molecule is CCOc1ccc(NC(=O)COC(=O)[C@@H]2CS[C@@]3(C)CCC(=O)N23)cc1OCC. The molecule has 8 nitrogen and oxygen atoms in total. The number of benzene rings is 1. The number of nitrogens with zero attached hydrogens (tertiary/aromatic N) is 1. The molecule has 2 amide bonds. The van der Waals surface area contributed by atoms with Crippen molar-refractivity contribution in [3.8, 4) is 11.5 Å². The van der Waals surface area contributed by atoms with Gasteiger partial charge in [0.05, 0.1) is 18.1 Å². The first kappa shape index (κ1) is 21.3. The van der Waals surface area contributed by atoms with Gasteiger partial charge >= 0.3 is 5.97 Å². The number of fused-ring (bicyclic) bond motifs is 1. The molecule has 3 rings (SSSR count). The Morgan fingerprint density at radius 3 is 2.69 bits per heavy atom. The minimum Gasteiger partial charge on any atom is -0.490 e. The quantitative estimate of drug-likeness (QED) is 0.643. The molecule has 2 aliphatic heterocycles. The Bertz CT molecular complexity index is 801. The van der Waals surface area contributed by atoms with Gasteiger partial charge in [0.1, 0.15) is 6.04 Å². The summed E-state index contributed by atoms with van der Waals surface area (Å²) in [4.78, 5) is 38.0. The third-order valence-electron chi connectivity index (χ3n) is 4.89. The summed E-state index contributed by atoms with van der Waals surface area (Å²) in [5.74, 6) is 0.551. The maximum atomic E-state index is 12.4. The summed E-state index contributed by atoms with van der Waals surface area (Å²) in [6.45, 7) is 6.24. The Labute approximate surface area is 174 Å². The van der Waals surface area contributed by atoms with Crippen molar-refractivity contribution in [1.82, 2.24) is 4.90 Å². The Kier molecular flexibility index (Phi) is 6.56. The number of carbonyl (C=O) groups is 3. The van der Waals surface area contributed by atoms with Crippen molar-refractivity contribution in [2.24, 2.45) is 0 Å². The molecule has 1 N–H and O–H groups in total. The molecule has 2 aliphatic rings. The van der Waals surface area contributed by atoms with Crippen molar-refractivity contribution in [3.63, 3.8) is 0 Å². The third kappa shape index (κ3) is 4.60. The van der Waals surface area contributed by atoms with E-state index < -0.39 is 24.5 Å². The molecule has 2 saturated heterocycles. The normalized spacial score (nSPS) is 22.9. The Hall–Kier alpha value is -2.42. The molecular formula is C20H26N2O6S. The highest BCUT2D eigenvalue weighted by atomic mass is 32.2. The molecular weight excluding hydrogens is 396 g/mol. The van der Waals surface area contributed by atoms with Crippen LogP contribution >= 0.6 is 11.8 Å². The summed E-state index contributed by atoms with van der Waals surface area (Å²) in [6.07, 6.45) is 1.16. The van der Waals surface area contributed by atoms with Crippen LogP contribution in [0.15, 0.2) is 18.2 Å². The zero-order valence-electron chi connectivity index (χ0n) is 16.9. The molecule has 9 heteroatoms. The van der Waals surface area contributed by atoms with E-state index in [4.69, 9.17) is 14.2 Å². The molecule has 1 aromatic rings. The summed E-state index contributed by atoms with van der Waals surface area (Å²) in [6, 6.07) is 4.43. The maximum absolute atomic E-state index is 12.4. The lowest BCUT2D eigenvalue weighted by molar-refractivity contribution is -0.155. The van der Waals surface area contributed by atoms with E-state index in [0.717, 1.165) is 6.42 Å². The van der Waals surface area contributed by atoms with Crippen molar-refractivity contribution in [1.29, 1.82) is 0 Å². The zero-order valence-corrected chi connectivity index (χ0v) is 17.7. The van der Waals surface area contributed by atoms with E-state index in [-0.39, 0.29) is 10.8 Å². The van der Waals surface area contributed by atoms with E-state index in [0.29, 0.717) is 42.6 Å². The number of hydrogen-bond donors (Lipinski definition) is 1. The molecule has 0 aromatic heterocycles. The number of thioether (sulfide) groups is 1. The molecule has 2 fully saturated rings. The van der Waals surface area contributed by atoms with Crippen LogP contribution in [0.1, 0.15) is 33.6 Å². The van der Waals surface area contributed by atoms with Gasteiger partial charge in [-0.15, -0.1) is 11.8 Å². The van der Waals surface area contributed by atoms with Gasteiger partial charge in [0.15, 0.2) is 18.1 Å². The number of nitrogens with one attached hydrogen (secondary N) is 1. The van der Waals surface area contributed by atoms with Crippen molar-refractivity contribution < 1.29 is 28.6 Å². The second kappa shape index (κ2) is 8.94. The predicted molar refractivity (Wildman–Crippen MR) is 109 cm³/mol. The van der Waals surface area contributed by atoms with Crippen molar-refractivity contribution in [2.45, 2.75) is 44.5 Å². The molecule has 158 valence electrons. The fourth-order valence-electron chi connectivity index (χ4n) is 3.55. The largest absolute Gasteiger partial charge is 0.490 e. The Morgan fingerprint density at radius 1 is 1.24 bits per heavy atom. The predicted octanol–water partition coefficient (Wildman–Crippen LogP) is 2.42. The van der Waals surface area contributed by atoms with Crippen molar-refractivity contribution >= 4 is 35.2 Å². The lowest BCUT2D eigenvalue weighted by Gasteiger charge is -2.29. The fourth-order valence-corrected chi connectivity index (χ4v) is 4.97. The highest BCUT2D eigenvalue weighted by molar-refractivity contribution is 8.01. The van der Waals surface area contributed by atoms with Crippen LogP contribution in [-0.4, -0.2) is 59.2 Å². The number of esters is 1. The van der Waals surface area contributed by atoms with Gasteiger partial charge in [-0.3, -0.25) is 9.59 Å². The summed E-state index contributed by atoms with van der Waals surface area (Å²) in [5, 5.41) is 2.68. The lowest BCUT2D eigenvalue weighted by Crippen LogP contribution is -2.47. The highest BCUT2D eigenvalue weighted by Crippen LogP contribution is 2.47. The van der Waals surface area contributed by atoms with Gasteiger partial charge in [-0.05, 0) is 39.3 Å². The molecule has 0 radical (unpaired) electrons. The standard InChI is InChI=1S/C20H26N2O6S/c1-4-26-15-7-6-13(10-16(15)27-5-2)21-17(23)11-28-19(25)14-12-29-20(3)9-8-18(24)22(14)20/h6-7,10,14H,4-5,8-9,11-12H2,1-3H3,(H,21,23)/t14-,20-/m0/s1.